The lowest BCUT2D eigenvalue weighted by molar-refractivity contribution is -0.137. The van der Waals surface area contributed by atoms with Gasteiger partial charge in [0.2, 0.25) is 0 Å². The monoisotopic (exact) mass is 513 g/mol. The number of amides is 1. The summed E-state index contributed by atoms with van der Waals surface area (Å²) in [7, 11) is 2.89. The molecule has 192 valence electrons. The van der Waals surface area contributed by atoms with Gasteiger partial charge in [-0.1, -0.05) is 18.2 Å². The van der Waals surface area contributed by atoms with Crippen LogP contribution < -0.4 is 10.6 Å². The summed E-state index contributed by atoms with van der Waals surface area (Å²) in [6.45, 7) is 1.74. The first-order valence-corrected chi connectivity index (χ1v) is 11.2. The second kappa shape index (κ2) is 9.96. The Morgan fingerprint density at radius 3 is 2.35 bits per heavy atom. The zero-order valence-electron chi connectivity index (χ0n) is 20.1. The van der Waals surface area contributed by atoms with Crippen LogP contribution in [-0.2, 0) is 18.0 Å². The van der Waals surface area contributed by atoms with Gasteiger partial charge in [-0.3, -0.25) is 4.79 Å². The number of nitrogens with one attached hydrogen (secondary N) is 2. The fraction of sp³-hybridized carbons (Fsp3) is 0.185. The zero-order valence-corrected chi connectivity index (χ0v) is 20.1. The van der Waals surface area contributed by atoms with E-state index in [2.05, 4.69) is 15.4 Å². The lowest BCUT2D eigenvalue weighted by Gasteiger charge is -2.17. The van der Waals surface area contributed by atoms with Gasteiger partial charge in [0.1, 0.15) is 11.5 Å². The highest BCUT2D eigenvalue weighted by Crippen LogP contribution is 2.36. The molecule has 1 heterocycles. The number of halogens is 4. The molecule has 0 bridgehead atoms. The number of alkyl halides is 3. The lowest BCUT2D eigenvalue weighted by Crippen LogP contribution is -2.29. The van der Waals surface area contributed by atoms with Crippen molar-refractivity contribution < 1.29 is 31.9 Å². The Labute approximate surface area is 209 Å². The molecule has 6 nitrogen and oxygen atoms in total. The van der Waals surface area contributed by atoms with Gasteiger partial charge in [0.15, 0.2) is 0 Å². The van der Waals surface area contributed by atoms with E-state index in [-0.39, 0.29) is 17.1 Å². The summed E-state index contributed by atoms with van der Waals surface area (Å²) in [6, 6.07) is 14.5. The summed E-state index contributed by atoms with van der Waals surface area (Å²) >= 11 is 0. The van der Waals surface area contributed by atoms with Gasteiger partial charge in [-0.05, 0) is 61.0 Å². The van der Waals surface area contributed by atoms with Gasteiger partial charge in [0.25, 0.3) is 5.91 Å². The Balaban J connectivity index is 1.70. The summed E-state index contributed by atoms with van der Waals surface area (Å²) in [5.41, 5.74) is 1.08. The molecule has 1 atom stereocenters. The standard InChI is InChI=1S/C27H23F4N3O3/c1-15(16-7-9-17(10-8-16)26(36)37-3)32-25(35)24-23(21-14-19(28)11-12-22(21)34(24)2)33-20-6-4-5-18(13-20)27(29,30)31/h4-15,33H,1-3H3,(H,32,35)/t15-/m0/s1. The van der Waals surface area contributed by atoms with Crippen molar-refractivity contribution >= 4 is 34.2 Å². The maximum Gasteiger partial charge on any atom is 0.416 e. The van der Waals surface area contributed by atoms with Crippen LogP contribution in [0.25, 0.3) is 10.9 Å². The third-order valence-corrected chi connectivity index (χ3v) is 6.02. The molecule has 3 aromatic carbocycles. The van der Waals surface area contributed by atoms with Gasteiger partial charge in [-0.15, -0.1) is 0 Å². The first-order chi connectivity index (χ1) is 17.5. The molecule has 0 fully saturated rings. The van der Waals surface area contributed by atoms with Gasteiger partial charge in [0, 0.05) is 18.1 Å². The third-order valence-electron chi connectivity index (χ3n) is 6.02. The number of aromatic nitrogens is 1. The predicted octanol–water partition coefficient (Wildman–Crippen LogP) is 6.36. The minimum absolute atomic E-state index is 0.0899. The Kier molecular flexibility index (Phi) is 6.93. The van der Waals surface area contributed by atoms with Crippen molar-refractivity contribution in [3.63, 3.8) is 0 Å². The molecule has 2 N–H and O–H groups in total. The minimum Gasteiger partial charge on any atom is -0.465 e. The van der Waals surface area contributed by atoms with Crippen LogP contribution in [0.3, 0.4) is 0 Å². The molecule has 4 aromatic rings. The van der Waals surface area contributed by atoms with Gasteiger partial charge in [0.05, 0.1) is 35.5 Å². The number of hydrogen-bond donors (Lipinski definition) is 2. The van der Waals surface area contributed by atoms with Crippen LogP contribution in [0.1, 0.15) is 44.9 Å². The average Bonchev–Trinajstić information content (AvgIpc) is 3.13. The molecule has 1 amide bonds. The SMILES string of the molecule is COC(=O)c1ccc([C@H](C)NC(=O)c2c(Nc3cccc(C(F)(F)F)c3)c3cc(F)ccc3n2C)cc1. The van der Waals surface area contributed by atoms with Crippen LogP contribution in [0.15, 0.2) is 66.7 Å². The molecular formula is C27H23F4N3O3. The van der Waals surface area contributed by atoms with Crippen molar-refractivity contribution in [2.45, 2.75) is 19.1 Å². The number of fused-ring (bicyclic) bond motifs is 1. The van der Waals surface area contributed by atoms with Crippen molar-refractivity contribution in [1.82, 2.24) is 9.88 Å². The molecule has 37 heavy (non-hydrogen) atoms. The molecule has 0 saturated heterocycles. The molecule has 0 spiro atoms. The summed E-state index contributed by atoms with van der Waals surface area (Å²) in [5.74, 6) is -1.58. The van der Waals surface area contributed by atoms with Crippen molar-refractivity contribution in [3.05, 3.63) is 94.9 Å². The largest absolute Gasteiger partial charge is 0.465 e. The number of methoxy groups -OCH3 is 1. The topological polar surface area (TPSA) is 72.4 Å². The number of esters is 1. The number of nitrogens with zero attached hydrogens (tertiary/aromatic N) is 1. The Hall–Kier alpha value is -4.34. The number of carbonyl (C=O) groups excluding carboxylic acids is 2. The van der Waals surface area contributed by atoms with Crippen molar-refractivity contribution in [2.24, 2.45) is 7.05 Å². The van der Waals surface area contributed by atoms with E-state index in [9.17, 15) is 27.2 Å². The highest BCUT2D eigenvalue weighted by atomic mass is 19.4. The number of benzene rings is 3. The number of aryl methyl sites for hydroxylation is 1. The quantitative estimate of drug-likeness (QED) is 0.233. The molecule has 0 saturated carbocycles. The second-order valence-electron chi connectivity index (χ2n) is 8.46. The molecule has 0 aliphatic heterocycles. The molecule has 0 aliphatic rings. The lowest BCUT2D eigenvalue weighted by atomic mass is 10.1. The first kappa shape index (κ1) is 25.7. The first-order valence-electron chi connectivity index (χ1n) is 11.2. The maximum atomic E-state index is 14.1. The van der Waals surface area contributed by atoms with E-state index >= 15 is 0 Å². The summed E-state index contributed by atoms with van der Waals surface area (Å²) < 4.78 is 60.1. The predicted molar refractivity (Wildman–Crippen MR) is 131 cm³/mol. The number of rotatable bonds is 6. The van der Waals surface area contributed by atoms with Crippen molar-refractivity contribution in [1.29, 1.82) is 0 Å². The van der Waals surface area contributed by atoms with Crippen molar-refractivity contribution in [3.8, 4) is 0 Å². The van der Waals surface area contributed by atoms with E-state index < -0.39 is 35.5 Å². The van der Waals surface area contributed by atoms with Gasteiger partial charge >= 0.3 is 12.1 Å². The number of hydrogen-bond acceptors (Lipinski definition) is 4. The van der Waals surface area contributed by atoms with E-state index in [1.54, 1.807) is 42.8 Å². The fourth-order valence-electron chi connectivity index (χ4n) is 4.10. The Morgan fingerprint density at radius 1 is 1.00 bits per heavy atom. The smallest absolute Gasteiger partial charge is 0.416 e. The van der Waals surface area contributed by atoms with Crippen LogP contribution in [0.2, 0.25) is 0 Å². The highest BCUT2D eigenvalue weighted by Gasteiger charge is 2.31. The zero-order chi connectivity index (χ0) is 26.9. The maximum absolute atomic E-state index is 14.1. The van der Waals surface area contributed by atoms with Crippen LogP contribution in [0, 0.1) is 5.82 Å². The van der Waals surface area contributed by atoms with E-state index in [4.69, 9.17) is 0 Å². The second-order valence-corrected chi connectivity index (χ2v) is 8.46. The fourth-order valence-corrected chi connectivity index (χ4v) is 4.10. The van der Waals surface area contributed by atoms with Crippen molar-refractivity contribution in [2.75, 3.05) is 12.4 Å². The molecule has 0 aliphatic carbocycles. The Bertz CT molecular complexity index is 1480. The molecular weight excluding hydrogens is 490 g/mol. The molecule has 0 unspecified atom stereocenters. The minimum atomic E-state index is -4.55. The van der Waals surface area contributed by atoms with E-state index in [0.717, 1.165) is 12.1 Å². The van der Waals surface area contributed by atoms with Gasteiger partial charge in [-0.25, -0.2) is 9.18 Å². The van der Waals surface area contributed by atoms with E-state index in [1.807, 2.05) is 0 Å². The average molecular weight is 513 g/mol. The van der Waals surface area contributed by atoms with Gasteiger partial charge < -0.3 is 19.9 Å². The van der Waals surface area contributed by atoms with E-state index in [0.29, 0.717) is 22.0 Å². The number of anilines is 2. The van der Waals surface area contributed by atoms with Crippen LogP contribution in [0.4, 0.5) is 28.9 Å². The molecule has 10 heteroatoms. The number of carbonyl (C=O) groups is 2. The van der Waals surface area contributed by atoms with Crippen LogP contribution >= 0.6 is 0 Å². The van der Waals surface area contributed by atoms with Crippen LogP contribution in [-0.4, -0.2) is 23.6 Å². The number of ether oxygens (including phenoxy) is 1. The van der Waals surface area contributed by atoms with E-state index in [1.165, 1.54) is 37.4 Å². The molecule has 1 aromatic heterocycles. The Morgan fingerprint density at radius 2 is 1.70 bits per heavy atom. The normalized spacial score (nSPS) is 12.3. The summed E-state index contributed by atoms with van der Waals surface area (Å²) in [6.07, 6.45) is -4.55. The van der Waals surface area contributed by atoms with Gasteiger partial charge in [-0.2, -0.15) is 13.2 Å². The third kappa shape index (κ3) is 5.28. The highest BCUT2D eigenvalue weighted by molar-refractivity contribution is 6.10. The van der Waals surface area contributed by atoms with Crippen LogP contribution in [0.5, 0.6) is 0 Å². The molecule has 0 radical (unpaired) electrons. The molecule has 4 rings (SSSR count). The summed E-state index contributed by atoms with van der Waals surface area (Å²) in [4.78, 5) is 25.1. The summed E-state index contributed by atoms with van der Waals surface area (Å²) in [5, 5.41) is 6.09.